The zero-order valence-electron chi connectivity index (χ0n) is 35.9. The lowest BCUT2D eigenvalue weighted by Crippen LogP contribution is -2.66. The molecule has 1 aromatic carbocycles. The maximum atomic E-state index is 13.6. The number of primary amides is 1. The molecule has 18 nitrogen and oxygen atoms in total. The summed E-state index contributed by atoms with van der Waals surface area (Å²) in [7, 11) is 4.21. The molecule has 1 fully saturated rings. The number of nitrogens with two attached hydrogens (primary N) is 2. The van der Waals surface area contributed by atoms with Crippen molar-refractivity contribution >= 4 is 29.7 Å². The van der Waals surface area contributed by atoms with E-state index in [1.165, 1.54) is 28.3 Å². The second-order valence-corrected chi connectivity index (χ2v) is 15.4. The number of amides is 3. The fourth-order valence-electron chi connectivity index (χ4n) is 7.02. The number of nitrogens with zero attached hydrogens (tertiary/aromatic N) is 1. The van der Waals surface area contributed by atoms with Gasteiger partial charge >= 0.3 is 11.9 Å². The molecule has 0 aliphatic carbocycles. The second-order valence-electron chi connectivity index (χ2n) is 15.4. The van der Waals surface area contributed by atoms with Crippen molar-refractivity contribution in [1.82, 2.24) is 10.2 Å². The van der Waals surface area contributed by atoms with Crippen LogP contribution in [0.15, 0.2) is 6.07 Å². The van der Waals surface area contributed by atoms with E-state index in [0.717, 1.165) is 54.6 Å². The minimum absolute atomic E-state index is 0.111. The molecule has 8 atom stereocenters. The first-order valence-corrected chi connectivity index (χ1v) is 20.3. The number of hydrogen-bond acceptors (Lipinski definition) is 15. The Morgan fingerprint density at radius 3 is 2.12 bits per heavy atom. The molecule has 8 N–H and O–H groups in total. The highest BCUT2D eigenvalue weighted by Gasteiger charge is 2.47. The lowest BCUT2D eigenvalue weighted by Gasteiger charge is -2.44. The number of carbonyl (C=O) groups excluding carboxylic acids is 5. The molecule has 0 aromatic heterocycles. The van der Waals surface area contributed by atoms with Gasteiger partial charge in [0.2, 0.25) is 23.5 Å². The first-order valence-electron chi connectivity index (χ1n) is 20.3. The Balaban J connectivity index is 1.95. The monoisotopic (exact) mass is 840 g/mol. The highest BCUT2D eigenvalue weighted by molar-refractivity contribution is 5.89. The fraction of sp³-hybridized carbons (Fsp3) is 0.732. The van der Waals surface area contributed by atoms with Crippen molar-refractivity contribution in [2.75, 3.05) is 34.5 Å². The smallest absolute Gasteiger partial charge is 0.305 e. The topological polar surface area (TPSA) is 269 Å². The minimum atomic E-state index is -1.68. The van der Waals surface area contributed by atoms with Crippen molar-refractivity contribution in [1.29, 1.82) is 0 Å². The van der Waals surface area contributed by atoms with Crippen molar-refractivity contribution in [3.63, 3.8) is 0 Å². The Hall–Kier alpha value is -4.23. The van der Waals surface area contributed by atoms with E-state index in [4.69, 9.17) is 35.2 Å². The van der Waals surface area contributed by atoms with Gasteiger partial charge in [-0.1, -0.05) is 46.0 Å². The van der Waals surface area contributed by atoms with E-state index >= 15 is 0 Å². The summed E-state index contributed by atoms with van der Waals surface area (Å²) < 4.78 is 32.4. The van der Waals surface area contributed by atoms with Gasteiger partial charge in [-0.2, -0.15) is 0 Å². The molecule has 0 saturated carbocycles. The molecular weight excluding hydrogens is 772 g/mol. The van der Waals surface area contributed by atoms with Crippen LogP contribution in [-0.4, -0.2) is 133 Å². The molecule has 1 aromatic rings. The Morgan fingerprint density at radius 2 is 1.56 bits per heavy atom. The molecule has 1 aliphatic rings. The number of aliphatic hydroxyl groups is 2. The number of ether oxygens (including phenoxy) is 6. The van der Waals surface area contributed by atoms with E-state index in [9.17, 15) is 39.3 Å². The first-order chi connectivity index (χ1) is 27.9. The summed E-state index contributed by atoms with van der Waals surface area (Å²) in [5.41, 5.74) is 13.6. The number of hydrogen-bond donors (Lipinski definition) is 6. The molecule has 3 amide bonds. The van der Waals surface area contributed by atoms with E-state index in [2.05, 4.69) is 10.1 Å². The van der Waals surface area contributed by atoms with E-state index in [0.29, 0.717) is 24.3 Å². The Morgan fingerprint density at radius 1 is 0.932 bits per heavy atom. The van der Waals surface area contributed by atoms with Crippen molar-refractivity contribution in [3.8, 4) is 17.2 Å². The van der Waals surface area contributed by atoms with Crippen LogP contribution in [-0.2, 0) is 49.3 Å². The third-order valence-corrected chi connectivity index (χ3v) is 10.4. The zero-order chi connectivity index (χ0) is 44.4. The fourth-order valence-corrected chi connectivity index (χ4v) is 7.02. The second kappa shape index (κ2) is 25.4. The Bertz CT molecular complexity index is 1530. The van der Waals surface area contributed by atoms with E-state index in [-0.39, 0.29) is 37.5 Å². The first kappa shape index (κ1) is 50.9. The van der Waals surface area contributed by atoms with Gasteiger partial charge in [-0.25, -0.2) is 0 Å². The van der Waals surface area contributed by atoms with Crippen LogP contribution in [0.4, 0.5) is 0 Å². The molecular formula is C41H68N4O14. The average Bonchev–Trinajstić information content (AvgIpc) is 3.18. The molecule has 336 valence electrons. The molecule has 0 bridgehead atoms. The molecule has 1 saturated heterocycles. The van der Waals surface area contributed by atoms with Gasteiger partial charge in [-0.15, -0.1) is 0 Å². The maximum Gasteiger partial charge on any atom is 0.305 e. The zero-order valence-corrected chi connectivity index (χ0v) is 35.9. The normalized spacial score (nSPS) is 20.6. The number of aryl methyl sites for hydroxylation is 1. The largest absolute Gasteiger partial charge is 0.504 e. The highest BCUT2D eigenvalue weighted by atomic mass is 16.6. The van der Waals surface area contributed by atoms with Gasteiger partial charge in [0.1, 0.15) is 37.0 Å². The summed E-state index contributed by atoms with van der Waals surface area (Å²) in [5.74, 6) is -2.59. The highest BCUT2D eigenvalue weighted by Crippen LogP contribution is 2.41. The predicted octanol–water partition coefficient (Wildman–Crippen LogP) is 1.90. The number of aliphatic hydroxyl groups excluding tert-OH is 2. The number of methoxy groups -OCH3 is 3. The summed E-state index contributed by atoms with van der Waals surface area (Å²) in [4.78, 5) is 63.9. The number of unbranched alkanes of at least 4 members (excludes halogenated alkanes) is 6. The number of aromatic hydroxyl groups is 1. The molecule has 59 heavy (non-hydrogen) atoms. The number of phenols is 1. The van der Waals surface area contributed by atoms with E-state index in [1.54, 1.807) is 20.8 Å². The standard InChI is InChI=1S/C41H68N4O14/c1-23(2)33(42)40(52)45(28(39(43)51)18-19-31(47)55-7)21-25(4)58-38-34(44-26(5)46)41(53)59-30(36(38)50)22-57-32(48)17-15-13-11-9-10-12-14-16-27-24(3)20-29(54-6)37(56-8)35(27)49/h20,23,25,28,30,33-34,36,38,41,49-50,53H,9-19,21-22,42H2,1-8H3,(H2,43,51)(H,44,46)/t25?,28-,30-,33+,34-,36-,38-,41+/m1/s1. The van der Waals surface area contributed by atoms with E-state index < -0.39 is 85.1 Å². The number of esters is 2. The molecule has 0 radical (unpaired) electrons. The third kappa shape index (κ3) is 15.7. The number of carbonyl (C=O) groups is 5. The van der Waals surface area contributed by atoms with Crippen LogP contribution < -0.4 is 26.3 Å². The quantitative estimate of drug-likeness (QED) is 0.0575. The van der Waals surface area contributed by atoms with Gasteiger partial charge in [0.25, 0.3) is 0 Å². The van der Waals surface area contributed by atoms with Crippen LogP contribution in [0.25, 0.3) is 0 Å². The number of rotatable bonds is 26. The van der Waals surface area contributed by atoms with Gasteiger partial charge in [0.05, 0.1) is 33.5 Å². The molecule has 1 heterocycles. The molecule has 2 rings (SSSR count). The Labute approximate surface area is 347 Å². The molecule has 18 heteroatoms. The van der Waals surface area contributed by atoms with Crippen LogP contribution in [0.5, 0.6) is 17.2 Å². The van der Waals surface area contributed by atoms with Gasteiger partial charge in [-0.3, -0.25) is 24.0 Å². The summed E-state index contributed by atoms with van der Waals surface area (Å²) >= 11 is 0. The summed E-state index contributed by atoms with van der Waals surface area (Å²) in [6.07, 6.45) is -0.0921. The van der Waals surface area contributed by atoms with Gasteiger partial charge in [0.15, 0.2) is 17.8 Å². The lowest BCUT2D eigenvalue weighted by atomic mass is 9.96. The van der Waals surface area contributed by atoms with Crippen molar-refractivity contribution in [3.05, 3.63) is 17.2 Å². The predicted molar refractivity (Wildman–Crippen MR) is 215 cm³/mol. The number of benzene rings is 1. The third-order valence-electron chi connectivity index (χ3n) is 10.4. The summed E-state index contributed by atoms with van der Waals surface area (Å²) in [5, 5.41) is 35.4. The van der Waals surface area contributed by atoms with Crippen LogP contribution in [0.1, 0.15) is 103 Å². The van der Waals surface area contributed by atoms with Crippen LogP contribution in [0, 0.1) is 12.8 Å². The van der Waals surface area contributed by atoms with Crippen molar-refractivity contribution in [2.45, 2.75) is 154 Å². The van der Waals surface area contributed by atoms with E-state index in [1.807, 2.05) is 13.0 Å². The van der Waals surface area contributed by atoms with Crippen molar-refractivity contribution in [2.24, 2.45) is 17.4 Å². The number of nitrogens with one attached hydrogen (secondary N) is 1. The Kier molecular flexibility index (Phi) is 21.9. The molecule has 0 spiro atoms. The molecule has 1 unspecified atom stereocenters. The number of phenolic OH excluding ortho intramolecular Hbond substituents is 1. The summed E-state index contributed by atoms with van der Waals surface area (Å²) in [6.45, 7) is 7.43. The van der Waals surface area contributed by atoms with Crippen molar-refractivity contribution < 1.29 is 67.7 Å². The summed E-state index contributed by atoms with van der Waals surface area (Å²) in [6, 6.07) is -1.70. The van der Waals surface area contributed by atoms with Gasteiger partial charge in [-0.05, 0) is 57.1 Å². The lowest BCUT2D eigenvalue weighted by molar-refractivity contribution is -0.269. The van der Waals surface area contributed by atoms with Crippen LogP contribution >= 0.6 is 0 Å². The minimum Gasteiger partial charge on any atom is -0.504 e. The molecule has 1 aliphatic heterocycles. The average molecular weight is 841 g/mol. The SMILES string of the molecule is COC(=O)CC[C@H](C(N)=O)N(CC(C)O[C@H]1[C@H](O)[C@@H](COC(=O)CCCCCCCCCc2c(C)cc(OC)c(OC)c2O)O[C@H](O)[C@@H]1NC(C)=O)C(=O)[C@@H](N)C(C)C. The maximum absolute atomic E-state index is 13.6. The van der Waals surface area contributed by atoms with Gasteiger partial charge in [0, 0.05) is 31.9 Å². The van der Waals surface area contributed by atoms with Crippen LogP contribution in [0.3, 0.4) is 0 Å². The van der Waals surface area contributed by atoms with Crippen LogP contribution in [0.2, 0.25) is 0 Å². The van der Waals surface area contributed by atoms with Gasteiger partial charge < -0.3 is 65.4 Å².